The first-order valence-corrected chi connectivity index (χ1v) is 14.4. The van der Waals surface area contributed by atoms with Crippen molar-refractivity contribution in [3.63, 3.8) is 0 Å². The van der Waals surface area contributed by atoms with Gasteiger partial charge in [-0.05, 0) is 50.3 Å². The number of likely N-dealkylation sites (tertiary alicyclic amines) is 1. The van der Waals surface area contributed by atoms with Gasteiger partial charge in [0.25, 0.3) is 0 Å². The lowest BCUT2D eigenvalue weighted by Gasteiger charge is -2.34. The summed E-state index contributed by atoms with van der Waals surface area (Å²) >= 11 is 10.8. The number of aromatic nitrogens is 3. The summed E-state index contributed by atoms with van der Waals surface area (Å²) in [5, 5.41) is 12.6. The van der Waals surface area contributed by atoms with Crippen molar-refractivity contribution in [2.45, 2.75) is 45.3 Å². The molecule has 0 aliphatic carbocycles. The molecule has 1 aliphatic heterocycles. The van der Waals surface area contributed by atoms with E-state index < -0.39 is 6.09 Å². The Morgan fingerprint density at radius 2 is 2.06 bits per heavy atom. The van der Waals surface area contributed by atoms with Crippen LogP contribution in [0.4, 0.5) is 4.79 Å². The lowest BCUT2D eigenvalue weighted by Crippen LogP contribution is -2.47. The summed E-state index contributed by atoms with van der Waals surface area (Å²) in [6.45, 7) is 6.84. The molecule has 35 heavy (non-hydrogen) atoms. The Balaban J connectivity index is 1.28. The molecule has 0 spiro atoms. The van der Waals surface area contributed by atoms with Gasteiger partial charge in [0.05, 0.1) is 32.0 Å². The van der Waals surface area contributed by atoms with Gasteiger partial charge in [0.2, 0.25) is 5.88 Å². The number of carbonyl (C=O) groups excluding carboxylic acids is 1. The Morgan fingerprint density at radius 3 is 2.74 bits per heavy atom. The van der Waals surface area contributed by atoms with Gasteiger partial charge in [-0.3, -0.25) is 4.68 Å². The SMILES string of the molecule is CC(C)N1CCC(NC(=O)Oc2cc(-c3cccs3)n(Cc3csc(-c4ccc(Cl)s4)n3)n2)CC1. The van der Waals surface area contributed by atoms with E-state index in [1.807, 2.05) is 45.8 Å². The van der Waals surface area contributed by atoms with Crippen LogP contribution < -0.4 is 10.1 Å². The van der Waals surface area contributed by atoms with Crippen LogP contribution in [0.3, 0.4) is 0 Å². The number of ether oxygens (including phenoxy) is 1. The number of hydrogen-bond donors (Lipinski definition) is 1. The summed E-state index contributed by atoms with van der Waals surface area (Å²) in [6.07, 6.45) is 1.38. The van der Waals surface area contributed by atoms with E-state index in [4.69, 9.17) is 21.3 Å². The first-order chi connectivity index (χ1) is 16.9. The average Bonchev–Trinajstić information content (AvgIpc) is 3.62. The fourth-order valence-electron chi connectivity index (χ4n) is 4.11. The summed E-state index contributed by atoms with van der Waals surface area (Å²) in [4.78, 5) is 21.9. The molecule has 5 heterocycles. The number of nitrogens with zero attached hydrogens (tertiary/aromatic N) is 4. The molecule has 1 amide bonds. The smallest absolute Gasteiger partial charge is 0.390 e. The van der Waals surface area contributed by atoms with E-state index in [2.05, 4.69) is 29.2 Å². The van der Waals surface area contributed by atoms with Crippen molar-refractivity contribution < 1.29 is 9.53 Å². The van der Waals surface area contributed by atoms with E-state index in [9.17, 15) is 4.79 Å². The second-order valence-electron chi connectivity index (χ2n) is 8.69. The first kappa shape index (κ1) is 24.5. The zero-order valence-electron chi connectivity index (χ0n) is 19.4. The fourth-order valence-corrected chi connectivity index (χ4v) is 6.78. The first-order valence-electron chi connectivity index (χ1n) is 11.5. The van der Waals surface area contributed by atoms with Crippen LogP contribution in [0.15, 0.2) is 41.1 Å². The van der Waals surface area contributed by atoms with Crippen LogP contribution in [0.25, 0.3) is 20.5 Å². The lowest BCUT2D eigenvalue weighted by molar-refractivity contribution is 0.151. The third-order valence-electron chi connectivity index (χ3n) is 5.96. The van der Waals surface area contributed by atoms with Crippen LogP contribution in [-0.2, 0) is 6.54 Å². The number of thiophene rings is 2. The molecule has 0 saturated carbocycles. The topological polar surface area (TPSA) is 72.3 Å². The van der Waals surface area contributed by atoms with Gasteiger partial charge in [-0.1, -0.05) is 17.7 Å². The van der Waals surface area contributed by atoms with Crippen molar-refractivity contribution in [2.24, 2.45) is 0 Å². The van der Waals surface area contributed by atoms with E-state index in [0.717, 1.165) is 56.4 Å². The zero-order chi connectivity index (χ0) is 24.4. The van der Waals surface area contributed by atoms with Gasteiger partial charge in [-0.15, -0.1) is 39.1 Å². The molecule has 4 aromatic heterocycles. The highest BCUT2D eigenvalue weighted by atomic mass is 35.5. The van der Waals surface area contributed by atoms with E-state index in [1.165, 1.54) is 11.3 Å². The minimum Gasteiger partial charge on any atom is -0.390 e. The largest absolute Gasteiger partial charge is 0.414 e. The molecule has 0 aromatic carbocycles. The van der Waals surface area contributed by atoms with Crippen LogP contribution in [0.2, 0.25) is 4.34 Å². The third kappa shape index (κ3) is 5.95. The zero-order valence-corrected chi connectivity index (χ0v) is 22.6. The predicted molar refractivity (Wildman–Crippen MR) is 144 cm³/mol. The van der Waals surface area contributed by atoms with Crippen molar-refractivity contribution in [3.8, 4) is 26.3 Å². The van der Waals surface area contributed by atoms with E-state index >= 15 is 0 Å². The maximum atomic E-state index is 12.6. The molecule has 0 unspecified atom stereocenters. The predicted octanol–water partition coefficient (Wildman–Crippen LogP) is 6.46. The molecule has 1 N–H and O–H groups in total. The standard InChI is InChI=1S/C24H26ClN5O2S3/c1-15(2)29-9-7-16(8-10-29)27-24(31)32-22-12-18(19-4-3-11-33-19)30(28-22)13-17-14-34-23(26-17)20-5-6-21(25)35-20/h3-6,11-12,14-16H,7-10,13H2,1-2H3,(H,27,31). The molecule has 0 bridgehead atoms. The molecular weight excluding hydrogens is 522 g/mol. The number of thiazole rings is 1. The monoisotopic (exact) mass is 547 g/mol. The highest BCUT2D eigenvalue weighted by Gasteiger charge is 2.23. The van der Waals surface area contributed by atoms with Crippen LogP contribution in [0.5, 0.6) is 5.88 Å². The summed E-state index contributed by atoms with van der Waals surface area (Å²) in [7, 11) is 0. The van der Waals surface area contributed by atoms with Crippen molar-refractivity contribution in [1.29, 1.82) is 0 Å². The highest BCUT2D eigenvalue weighted by Crippen LogP contribution is 2.34. The maximum Gasteiger partial charge on any atom is 0.414 e. The second kappa shape index (κ2) is 10.8. The average molecular weight is 548 g/mol. The Labute approximate surface area is 221 Å². The van der Waals surface area contributed by atoms with Crippen molar-refractivity contribution >= 4 is 51.7 Å². The molecule has 7 nitrogen and oxygen atoms in total. The van der Waals surface area contributed by atoms with Crippen LogP contribution in [0.1, 0.15) is 32.4 Å². The Morgan fingerprint density at radius 1 is 1.23 bits per heavy atom. The van der Waals surface area contributed by atoms with E-state index in [1.54, 1.807) is 22.7 Å². The normalized spacial score (nSPS) is 15.1. The summed E-state index contributed by atoms with van der Waals surface area (Å²) in [5.74, 6) is 0.283. The third-order valence-corrected chi connectivity index (χ3v) is 9.14. The number of piperidine rings is 1. The number of rotatable bonds is 7. The van der Waals surface area contributed by atoms with Gasteiger partial charge < -0.3 is 15.0 Å². The van der Waals surface area contributed by atoms with Gasteiger partial charge in [0.1, 0.15) is 5.01 Å². The van der Waals surface area contributed by atoms with Gasteiger partial charge in [-0.2, -0.15) is 0 Å². The van der Waals surface area contributed by atoms with Crippen LogP contribution in [0, 0.1) is 0 Å². The molecule has 4 aromatic rings. The molecule has 1 saturated heterocycles. The number of hydrogen-bond acceptors (Lipinski definition) is 8. The van der Waals surface area contributed by atoms with Gasteiger partial charge in [0, 0.05) is 36.6 Å². The number of amides is 1. The number of carbonyl (C=O) groups is 1. The van der Waals surface area contributed by atoms with Crippen LogP contribution in [-0.4, -0.2) is 50.9 Å². The van der Waals surface area contributed by atoms with Crippen molar-refractivity contribution in [1.82, 2.24) is 25.0 Å². The van der Waals surface area contributed by atoms with Gasteiger partial charge >= 0.3 is 6.09 Å². The molecule has 0 atom stereocenters. The Hall–Kier alpha value is -2.24. The van der Waals surface area contributed by atoms with Gasteiger partial charge in [-0.25, -0.2) is 9.78 Å². The van der Waals surface area contributed by atoms with Gasteiger partial charge in [0.15, 0.2) is 0 Å². The summed E-state index contributed by atoms with van der Waals surface area (Å²) < 4.78 is 8.19. The molecule has 184 valence electrons. The molecular formula is C24H26ClN5O2S3. The van der Waals surface area contributed by atoms with Crippen molar-refractivity contribution in [2.75, 3.05) is 13.1 Å². The molecule has 5 rings (SSSR count). The second-order valence-corrected chi connectivity index (χ2v) is 12.2. The van der Waals surface area contributed by atoms with Crippen LogP contribution >= 0.6 is 45.6 Å². The fraction of sp³-hybridized carbons (Fsp3) is 0.375. The van der Waals surface area contributed by atoms with E-state index in [-0.39, 0.29) is 11.9 Å². The quantitative estimate of drug-likeness (QED) is 0.287. The maximum absolute atomic E-state index is 12.6. The van der Waals surface area contributed by atoms with E-state index in [0.29, 0.717) is 12.6 Å². The highest BCUT2D eigenvalue weighted by molar-refractivity contribution is 7.23. The molecule has 1 fully saturated rings. The Bertz CT molecular complexity index is 1270. The lowest BCUT2D eigenvalue weighted by atomic mass is 10.0. The number of halogens is 1. The van der Waals surface area contributed by atoms with Crippen molar-refractivity contribution in [3.05, 3.63) is 51.1 Å². The summed E-state index contributed by atoms with van der Waals surface area (Å²) in [5.41, 5.74) is 1.78. The molecule has 11 heteroatoms. The minimum absolute atomic E-state index is 0.121. The Kier molecular flexibility index (Phi) is 7.54. The number of nitrogens with one attached hydrogen (secondary N) is 1. The minimum atomic E-state index is -0.458. The molecule has 1 aliphatic rings. The summed E-state index contributed by atoms with van der Waals surface area (Å²) in [6, 6.07) is 10.4. The molecule has 0 radical (unpaired) electrons.